The summed E-state index contributed by atoms with van der Waals surface area (Å²) < 4.78 is 0. The third kappa shape index (κ3) is 2.90. The molecule has 0 bridgehead atoms. The molecule has 0 N–H and O–H groups in total. The lowest BCUT2D eigenvalue weighted by atomic mass is 9.98. The highest BCUT2D eigenvalue weighted by Gasteiger charge is 2.27. The van der Waals surface area contributed by atoms with E-state index in [2.05, 4.69) is 29.2 Å². The molecule has 0 saturated heterocycles. The van der Waals surface area contributed by atoms with E-state index in [0.717, 1.165) is 25.2 Å². The summed E-state index contributed by atoms with van der Waals surface area (Å²) in [5, 5.41) is 0. The van der Waals surface area contributed by atoms with Gasteiger partial charge in [-0.1, -0.05) is 42.5 Å². The van der Waals surface area contributed by atoms with Crippen LogP contribution in [0.4, 0.5) is 5.69 Å². The molecule has 0 aliphatic carbocycles. The lowest BCUT2D eigenvalue weighted by Gasteiger charge is -2.34. The zero-order valence-electron chi connectivity index (χ0n) is 13.2. The van der Waals surface area contributed by atoms with Crippen molar-refractivity contribution >= 4 is 11.6 Å². The lowest BCUT2D eigenvalue weighted by Crippen LogP contribution is -2.47. The van der Waals surface area contributed by atoms with Crippen molar-refractivity contribution in [3.63, 3.8) is 0 Å². The number of para-hydroxylation sites is 1. The molecule has 114 valence electrons. The van der Waals surface area contributed by atoms with Gasteiger partial charge in [-0.05, 0) is 36.6 Å². The van der Waals surface area contributed by atoms with Gasteiger partial charge in [-0.3, -0.25) is 9.69 Å². The van der Waals surface area contributed by atoms with Gasteiger partial charge in [0.2, 0.25) is 5.91 Å². The number of nitrogens with zero attached hydrogens (tertiary/aromatic N) is 2. The van der Waals surface area contributed by atoms with Crippen LogP contribution in [0.25, 0.3) is 0 Å². The number of fused-ring (bicyclic) bond motifs is 1. The second kappa shape index (κ2) is 6.32. The molecule has 0 spiro atoms. The summed E-state index contributed by atoms with van der Waals surface area (Å²) in [6.07, 6.45) is 1.02. The number of hydrogen-bond donors (Lipinski definition) is 0. The first-order valence-electron chi connectivity index (χ1n) is 7.80. The number of hydrogen-bond acceptors (Lipinski definition) is 2. The van der Waals surface area contributed by atoms with Gasteiger partial charge in [-0.15, -0.1) is 0 Å². The molecule has 1 aliphatic rings. The van der Waals surface area contributed by atoms with Crippen LogP contribution in [0.1, 0.15) is 18.1 Å². The molecule has 1 atom stereocenters. The van der Waals surface area contributed by atoms with Crippen molar-refractivity contribution in [1.82, 2.24) is 4.90 Å². The van der Waals surface area contributed by atoms with Crippen molar-refractivity contribution in [2.45, 2.75) is 25.9 Å². The molecule has 2 aromatic rings. The maximum absolute atomic E-state index is 12.7. The molecule has 1 aliphatic heterocycles. The van der Waals surface area contributed by atoms with Crippen LogP contribution in [0.5, 0.6) is 0 Å². The minimum Gasteiger partial charge on any atom is -0.314 e. The molecule has 0 unspecified atom stereocenters. The average molecular weight is 294 g/mol. The summed E-state index contributed by atoms with van der Waals surface area (Å²) in [5.74, 6) is 0.144. The van der Waals surface area contributed by atoms with Crippen LogP contribution < -0.4 is 4.90 Å². The standard InChI is InChI=1S/C19H22N2O/c1-15(19(22)20(2)18-10-4-3-5-11-18)21-13-12-16-8-6-7-9-17(16)14-21/h3-11,15H,12-14H2,1-2H3/t15-/m1/s1. The van der Waals surface area contributed by atoms with Gasteiger partial charge in [0.1, 0.15) is 0 Å². The number of carbonyl (C=O) groups excluding carboxylic acids is 1. The predicted molar refractivity (Wildman–Crippen MR) is 89.9 cm³/mol. The summed E-state index contributed by atoms with van der Waals surface area (Å²) in [6, 6.07) is 18.2. The zero-order valence-corrected chi connectivity index (χ0v) is 13.2. The number of benzene rings is 2. The van der Waals surface area contributed by atoms with E-state index in [1.165, 1.54) is 11.1 Å². The molecule has 3 heteroatoms. The number of amides is 1. The van der Waals surface area contributed by atoms with Crippen LogP contribution in [-0.2, 0) is 17.8 Å². The Balaban J connectivity index is 1.72. The fourth-order valence-corrected chi connectivity index (χ4v) is 3.06. The number of likely N-dealkylation sites (N-methyl/N-ethyl adjacent to an activating group) is 1. The van der Waals surface area contributed by atoms with E-state index in [9.17, 15) is 4.79 Å². The Morgan fingerprint density at radius 1 is 1.05 bits per heavy atom. The minimum absolute atomic E-state index is 0.112. The van der Waals surface area contributed by atoms with Crippen molar-refractivity contribution in [2.24, 2.45) is 0 Å². The minimum atomic E-state index is -0.112. The second-order valence-electron chi connectivity index (χ2n) is 5.90. The monoisotopic (exact) mass is 294 g/mol. The van der Waals surface area contributed by atoms with E-state index in [1.807, 2.05) is 44.3 Å². The molecule has 3 nitrogen and oxygen atoms in total. The van der Waals surface area contributed by atoms with Crippen molar-refractivity contribution in [3.8, 4) is 0 Å². The van der Waals surface area contributed by atoms with Gasteiger partial charge in [0.25, 0.3) is 0 Å². The number of anilines is 1. The van der Waals surface area contributed by atoms with E-state index in [4.69, 9.17) is 0 Å². The Bertz CT molecular complexity index is 653. The topological polar surface area (TPSA) is 23.6 Å². The van der Waals surface area contributed by atoms with Crippen LogP contribution in [-0.4, -0.2) is 30.4 Å². The van der Waals surface area contributed by atoms with Crippen LogP contribution in [0.15, 0.2) is 54.6 Å². The summed E-state index contributed by atoms with van der Waals surface area (Å²) >= 11 is 0. The van der Waals surface area contributed by atoms with Gasteiger partial charge >= 0.3 is 0 Å². The highest BCUT2D eigenvalue weighted by atomic mass is 16.2. The van der Waals surface area contributed by atoms with E-state index >= 15 is 0 Å². The Labute approximate surface area is 132 Å². The van der Waals surface area contributed by atoms with Crippen LogP contribution in [0.2, 0.25) is 0 Å². The summed E-state index contributed by atoms with van der Waals surface area (Å²) in [6.45, 7) is 3.80. The first kappa shape index (κ1) is 14.8. The van der Waals surface area contributed by atoms with Gasteiger partial charge in [0.05, 0.1) is 6.04 Å². The normalized spacial score (nSPS) is 15.9. The fraction of sp³-hybridized carbons (Fsp3) is 0.316. The highest BCUT2D eigenvalue weighted by Crippen LogP contribution is 2.22. The average Bonchev–Trinajstić information content (AvgIpc) is 2.60. The van der Waals surface area contributed by atoms with Crippen molar-refractivity contribution in [3.05, 3.63) is 65.7 Å². The Morgan fingerprint density at radius 2 is 1.68 bits per heavy atom. The first-order valence-corrected chi connectivity index (χ1v) is 7.80. The quantitative estimate of drug-likeness (QED) is 0.868. The molecule has 0 radical (unpaired) electrons. The van der Waals surface area contributed by atoms with Gasteiger partial charge in [0.15, 0.2) is 0 Å². The van der Waals surface area contributed by atoms with Gasteiger partial charge < -0.3 is 4.90 Å². The largest absolute Gasteiger partial charge is 0.314 e. The number of rotatable bonds is 3. The summed E-state index contributed by atoms with van der Waals surface area (Å²) in [4.78, 5) is 16.8. The van der Waals surface area contributed by atoms with Crippen molar-refractivity contribution < 1.29 is 4.79 Å². The highest BCUT2D eigenvalue weighted by molar-refractivity contribution is 5.96. The van der Waals surface area contributed by atoms with Crippen LogP contribution >= 0.6 is 0 Å². The van der Waals surface area contributed by atoms with Crippen LogP contribution in [0, 0.1) is 0 Å². The maximum Gasteiger partial charge on any atom is 0.243 e. The van der Waals surface area contributed by atoms with Crippen molar-refractivity contribution in [2.75, 3.05) is 18.5 Å². The molecule has 0 saturated carbocycles. The van der Waals surface area contributed by atoms with E-state index in [1.54, 1.807) is 4.90 Å². The SMILES string of the molecule is C[C@H](C(=O)N(C)c1ccccc1)N1CCc2ccccc2C1. The van der Waals surface area contributed by atoms with Crippen LogP contribution in [0.3, 0.4) is 0 Å². The first-order chi connectivity index (χ1) is 10.7. The molecular formula is C19H22N2O. The van der Waals surface area contributed by atoms with Gasteiger partial charge in [0, 0.05) is 25.8 Å². The Morgan fingerprint density at radius 3 is 2.41 bits per heavy atom. The number of carbonyl (C=O) groups is 1. The fourth-order valence-electron chi connectivity index (χ4n) is 3.06. The molecule has 1 heterocycles. The van der Waals surface area contributed by atoms with E-state index < -0.39 is 0 Å². The molecule has 2 aromatic carbocycles. The van der Waals surface area contributed by atoms with E-state index in [-0.39, 0.29) is 11.9 Å². The third-order valence-corrected chi connectivity index (χ3v) is 4.54. The molecule has 22 heavy (non-hydrogen) atoms. The Kier molecular flexibility index (Phi) is 4.25. The maximum atomic E-state index is 12.7. The molecule has 0 fully saturated rings. The summed E-state index contributed by atoms with van der Waals surface area (Å²) in [5.41, 5.74) is 3.70. The lowest BCUT2D eigenvalue weighted by molar-refractivity contribution is -0.123. The smallest absolute Gasteiger partial charge is 0.243 e. The predicted octanol–water partition coefficient (Wildman–Crippen LogP) is 3.10. The molecule has 3 rings (SSSR count). The van der Waals surface area contributed by atoms with E-state index in [0.29, 0.717) is 0 Å². The zero-order chi connectivity index (χ0) is 15.5. The second-order valence-corrected chi connectivity index (χ2v) is 5.90. The Hall–Kier alpha value is -2.13. The molecule has 1 amide bonds. The molecular weight excluding hydrogens is 272 g/mol. The molecule has 0 aromatic heterocycles. The van der Waals surface area contributed by atoms with Gasteiger partial charge in [-0.25, -0.2) is 0 Å². The summed E-state index contributed by atoms with van der Waals surface area (Å²) in [7, 11) is 1.85. The van der Waals surface area contributed by atoms with Gasteiger partial charge in [-0.2, -0.15) is 0 Å². The third-order valence-electron chi connectivity index (χ3n) is 4.54. The van der Waals surface area contributed by atoms with Crippen molar-refractivity contribution in [1.29, 1.82) is 0 Å².